The van der Waals surface area contributed by atoms with Gasteiger partial charge in [0.05, 0.1) is 13.2 Å². The van der Waals surface area contributed by atoms with E-state index in [0.717, 1.165) is 32.6 Å². The monoisotopic (exact) mass is 381 g/mol. The summed E-state index contributed by atoms with van der Waals surface area (Å²) in [6, 6.07) is 18.8. The fourth-order valence-electron chi connectivity index (χ4n) is 3.41. The number of rotatable bonds is 9. The summed E-state index contributed by atoms with van der Waals surface area (Å²) in [5.41, 5.74) is 3.74. The summed E-state index contributed by atoms with van der Waals surface area (Å²) in [4.78, 5) is 16.8. The molecule has 0 bridgehead atoms. The average Bonchev–Trinajstić information content (AvgIpc) is 2.72. The average molecular weight is 382 g/mol. The van der Waals surface area contributed by atoms with E-state index in [9.17, 15) is 4.79 Å². The molecule has 0 aliphatic carbocycles. The quantitative estimate of drug-likeness (QED) is 0.679. The standard InChI is InChI=1S/C23H31N3O2/c1-20-7-5-10-22(17-20)26-14-12-25(13-15-26)18-23(27)24-11-6-16-28-19-21-8-3-2-4-9-21/h2-5,7-10,17H,6,11-16,18-19H2,1H3,(H,24,27). The van der Waals surface area contributed by atoms with Gasteiger partial charge in [-0.2, -0.15) is 0 Å². The van der Waals surface area contributed by atoms with E-state index in [0.29, 0.717) is 26.3 Å². The van der Waals surface area contributed by atoms with E-state index in [1.807, 2.05) is 18.2 Å². The zero-order chi connectivity index (χ0) is 19.6. The minimum Gasteiger partial charge on any atom is -0.377 e. The van der Waals surface area contributed by atoms with E-state index >= 15 is 0 Å². The Bertz CT molecular complexity index is 728. The lowest BCUT2D eigenvalue weighted by Crippen LogP contribution is -2.49. The van der Waals surface area contributed by atoms with E-state index in [-0.39, 0.29) is 5.91 Å². The van der Waals surface area contributed by atoms with Crippen molar-refractivity contribution in [2.24, 2.45) is 0 Å². The Morgan fingerprint density at radius 2 is 1.82 bits per heavy atom. The Balaban J connectivity index is 1.25. The number of aryl methyl sites for hydroxylation is 1. The Kier molecular flexibility index (Phi) is 7.88. The number of nitrogens with zero attached hydrogens (tertiary/aromatic N) is 2. The number of amides is 1. The van der Waals surface area contributed by atoms with Crippen LogP contribution in [0, 0.1) is 6.92 Å². The molecule has 1 saturated heterocycles. The third-order valence-corrected chi connectivity index (χ3v) is 5.01. The molecule has 1 aliphatic rings. The number of nitrogens with one attached hydrogen (secondary N) is 1. The minimum absolute atomic E-state index is 0.104. The third-order valence-electron chi connectivity index (χ3n) is 5.01. The number of hydrogen-bond donors (Lipinski definition) is 1. The summed E-state index contributed by atoms with van der Waals surface area (Å²) in [6.45, 7) is 8.31. The molecule has 3 rings (SSSR count). The summed E-state index contributed by atoms with van der Waals surface area (Å²) in [5.74, 6) is 0.104. The molecule has 0 spiro atoms. The van der Waals surface area contributed by atoms with Crippen molar-refractivity contribution in [3.05, 3.63) is 65.7 Å². The number of piperazine rings is 1. The highest BCUT2D eigenvalue weighted by molar-refractivity contribution is 5.78. The molecule has 5 heteroatoms. The first-order valence-electron chi connectivity index (χ1n) is 10.1. The first-order chi connectivity index (χ1) is 13.7. The normalized spacial score (nSPS) is 14.8. The molecule has 2 aromatic rings. The van der Waals surface area contributed by atoms with Gasteiger partial charge in [-0.15, -0.1) is 0 Å². The Morgan fingerprint density at radius 1 is 1.04 bits per heavy atom. The van der Waals surface area contributed by atoms with Gasteiger partial charge in [0.2, 0.25) is 5.91 Å². The van der Waals surface area contributed by atoms with Crippen LogP contribution >= 0.6 is 0 Å². The van der Waals surface area contributed by atoms with E-state index < -0.39 is 0 Å². The number of ether oxygens (including phenoxy) is 1. The van der Waals surface area contributed by atoms with Crippen LogP contribution < -0.4 is 10.2 Å². The van der Waals surface area contributed by atoms with Crippen LogP contribution in [-0.4, -0.2) is 56.7 Å². The summed E-state index contributed by atoms with van der Waals surface area (Å²) in [7, 11) is 0. The molecule has 2 aromatic carbocycles. The maximum atomic E-state index is 12.2. The van der Waals surface area contributed by atoms with Crippen molar-refractivity contribution < 1.29 is 9.53 Å². The number of carbonyl (C=O) groups is 1. The molecule has 0 unspecified atom stereocenters. The number of hydrogen-bond acceptors (Lipinski definition) is 4. The van der Waals surface area contributed by atoms with Gasteiger partial charge in [-0.1, -0.05) is 42.5 Å². The van der Waals surface area contributed by atoms with E-state index in [1.54, 1.807) is 0 Å². The van der Waals surface area contributed by atoms with Gasteiger partial charge in [0, 0.05) is 45.0 Å². The van der Waals surface area contributed by atoms with Crippen molar-refractivity contribution in [1.29, 1.82) is 0 Å². The SMILES string of the molecule is Cc1cccc(N2CCN(CC(=O)NCCCOCc3ccccc3)CC2)c1. The van der Waals surface area contributed by atoms with Gasteiger partial charge < -0.3 is 15.0 Å². The van der Waals surface area contributed by atoms with Gasteiger partial charge in [0.1, 0.15) is 0 Å². The Morgan fingerprint density at radius 3 is 2.57 bits per heavy atom. The zero-order valence-electron chi connectivity index (χ0n) is 16.8. The second-order valence-electron chi connectivity index (χ2n) is 7.34. The second-order valence-corrected chi connectivity index (χ2v) is 7.34. The smallest absolute Gasteiger partial charge is 0.234 e. The fraction of sp³-hybridized carbons (Fsp3) is 0.435. The second kappa shape index (κ2) is 10.8. The van der Waals surface area contributed by atoms with Gasteiger partial charge in [0.15, 0.2) is 0 Å². The van der Waals surface area contributed by atoms with Crippen LogP contribution in [0.5, 0.6) is 0 Å². The largest absolute Gasteiger partial charge is 0.377 e. The van der Waals surface area contributed by atoms with Crippen molar-refractivity contribution >= 4 is 11.6 Å². The maximum Gasteiger partial charge on any atom is 0.234 e. The molecule has 28 heavy (non-hydrogen) atoms. The van der Waals surface area contributed by atoms with Crippen LogP contribution in [0.15, 0.2) is 54.6 Å². The van der Waals surface area contributed by atoms with E-state index in [4.69, 9.17) is 4.74 Å². The lowest BCUT2D eigenvalue weighted by Gasteiger charge is -2.35. The number of benzene rings is 2. The first-order valence-corrected chi connectivity index (χ1v) is 10.1. The molecule has 0 radical (unpaired) electrons. The highest BCUT2D eigenvalue weighted by Gasteiger charge is 2.19. The van der Waals surface area contributed by atoms with Gasteiger partial charge in [0.25, 0.3) is 0 Å². The predicted molar refractivity (Wildman–Crippen MR) is 114 cm³/mol. The van der Waals surface area contributed by atoms with Crippen LogP contribution in [0.3, 0.4) is 0 Å². The molecule has 1 heterocycles. The number of carbonyl (C=O) groups excluding carboxylic acids is 1. The van der Waals surface area contributed by atoms with Crippen LogP contribution in [0.2, 0.25) is 0 Å². The molecule has 0 aromatic heterocycles. The van der Waals surface area contributed by atoms with Gasteiger partial charge >= 0.3 is 0 Å². The zero-order valence-corrected chi connectivity index (χ0v) is 16.8. The molecule has 1 N–H and O–H groups in total. The van der Waals surface area contributed by atoms with E-state index in [1.165, 1.54) is 16.8 Å². The van der Waals surface area contributed by atoms with Crippen LogP contribution in [-0.2, 0) is 16.1 Å². The van der Waals surface area contributed by atoms with Gasteiger partial charge in [-0.3, -0.25) is 9.69 Å². The lowest BCUT2D eigenvalue weighted by molar-refractivity contribution is -0.122. The van der Waals surface area contributed by atoms with Crippen LogP contribution in [0.1, 0.15) is 17.5 Å². The Labute approximate surface area is 168 Å². The molecule has 0 saturated carbocycles. The highest BCUT2D eigenvalue weighted by Crippen LogP contribution is 2.17. The summed E-state index contributed by atoms with van der Waals surface area (Å²) in [6.07, 6.45) is 0.833. The lowest BCUT2D eigenvalue weighted by atomic mass is 10.2. The minimum atomic E-state index is 0.104. The van der Waals surface area contributed by atoms with Crippen molar-refractivity contribution in [2.75, 3.05) is 50.8 Å². The number of anilines is 1. The summed E-state index contributed by atoms with van der Waals surface area (Å²) in [5, 5.41) is 3.00. The molecular weight excluding hydrogens is 350 g/mol. The Hall–Kier alpha value is -2.37. The van der Waals surface area contributed by atoms with Crippen molar-refractivity contribution in [1.82, 2.24) is 10.2 Å². The summed E-state index contributed by atoms with van der Waals surface area (Å²) < 4.78 is 5.65. The molecule has 150 valence electrons. The molecule has 0 atom stereocenters. The van der Waals surface area contributed by atoms with Gasteiger partial charge in [-0.25, -0.2) is 0 Å². The maximum absolute atomic E-state index is 12.2. The molecule has 5 nitrogen and oxygen atoms in total. The van der Waals surface area contributed by atoms with Crippen LogP contribution in [0.4, 0.5) is 5.69 Å². The molecule has 1 aliphatic heterocycles. The van der Waals surface area contributed by atoms with Crippen molar-refractivity contribution in [3.63, 3.8) is 0 Å². The van der Waals surface area contributed by atoms with Crippen LogP contribution in [0.25, 0.3) is 0 Å². The van der Waals surface area contributed by atoms with Crippen molar-refractivity contribution in [2.45, 2.75) is 20.0 Å². The van der Waals surface area contributed by atoms with Gasteiger partial charge in [-0.05, 0) is 36.6 Å². The molecule has 1 fully saturated rings. The first kappa shape index (κ1) is 20.4. The summed E-state index contributed by atoms with van der Waals surface area (Å²) >= 11 is 0. The highest BCUT2D eigenvalue weighted by atomic mass is 16.5. The van der Waals surface area contributed by atoms with Crippen molar-refractivity contribution in [3.8, 4) is 0 Å². The topological polar surface area (TPSA) is 44.8 Å². The fourth-order valence-corrected chi connectivity index (χ4v) is 3.41. The predicted octanol–water partition coefficient (Wildman–Crippen LogP) is 2.84. The molecule has 1 amide bonds. The molecular formula is C23H31N3O2. The van der Waals surface area contributed by atoms with E-state index in [2.05, 4.69) is 58.4 Å². The third kappa shape index (κ3) is 6.66.